The van der Waals surface area contributed by atoms with E-state index in [9.17, 15) is 9.90 Å². The zero-order valence-corrected chi connectivity index (χ0v) is 12.6. The summed E-state index contributed by atoms with van der Waals surface area (Å²) in [6, 6.07) is 3.75. The molecule has 1 aromatic heterocycles. The summed E-state index contributed by atoms with van der Waals surface area (Å²) in [6.07, 6.45) is -0.256. The van der Waals surface area contributed by atoms with Gasteiger partial charge in [0.25, 0.3) is 0 Å². The molecule has 2 heterocycles. The Balaban J connectivity index is 1.83. The highest BCUT2D eigenvalue weighted by atomic mass is 32.2. The molecule has 1 aliphatic heterocycles. The molecular formula is C13H19NO3S2. The van der Waals surface area contributed by atoms with Crippen molar-refractivity contribution < 1.29 is 14.6 Å². The van der Waals surface area contributed by atoms with E-state index >= 15 is 0 Å². The number of Topliss-reactive ketones (excluding diaryl/α,β-unsaturated/α-hetero) is 1. The summed E-state index contributed by atoms with van der Waals surface area (Å²) in [5.41, 5.74) is 0. The predicted molar refractivity (Wildman–Crippen MR) is 78.7 cm³/mol. The van der Waals surface area contributed by atoms with Crippen molar-refractivity contribution in [2.45, 2.75) is 25.7 Å². The lowest BCUT2D eigenvalue weighted by Crippen LogP contribution is -2.42. The summed E-state index contributed by atoms with van der Waals surface area (Å²) in [6.45, 7) is 3.05. The van der Waals surface area contributed by atoms with Crippen molar-refractivity contribution in [3.8, 4) is 0 Å². The van der Waals surface area contributed by atoms with Crippen LogP contribution < -0.4 is 0 Å². The highest BCUT2D eigenvalue weighted by molar-refractivity contribution is 7.99. The number of nitrogens with zero attached hydrogens (tertiary/aromatic N) is 1. The number of carbonyl (C=O) groups excluding carboxylic acids is 1. The number of carbonyl (C=O) groups is 1. The molecule has 0 saturated carbocycles. The van der Waals surface area contributed by atoms with Gasteiger partial charge in [-0.15, -0.1) is 23.1 Å². The number of aliphatic hydroxyl groups is 1. The first-order valence-corrected chi connectivity index (χ1v) is 8.44. The van der Waals surface area contributed by atoms with Crippen molar-refractivity contribution in [3.05, 3.63) is 22.4 Å². The maximum atomic E-state index is 11.9. The largest absolute Gasteiger partial charge is 0.367 e. The fourth-order valence-corrected chi connectivity index (χ4v) is 4.04. The lowest BCUT2D eigenvalue weighted by molar-refractivity contribution is -0.130. The molecule has 0 spiro atoms. The van der Waals surface area contributed by atoms with Gasteiger partial charge in [0, 0.05) is 31.2 Å². The number of rotatable bonds is 7. The van der Waals surface area contributed by atoms with Gasteiger partial charge in [-0.1, -0.05) is 6.07 Å². The number of thioether (sulfide) groups is 1. The average Bonchev–Trinajstić information content (AvgIpc) is 3.07. The monoisotopic (exact) mass is 301 g/mol. The fourth-order valence-electron chi connectivity index (χ4n) is 2.07. The standard InChI is InChI=1S/C13H19NO3S2/c1-2-17-13(16)10-8-18-9-14(10)6-5-11(15)12-4-3-7-19-12/h3-4,7,10,13,16H,2,5-6,8-9H2,1H3. The molecule has 2 rings (SSSR count). The van der Waals surface area contributed by atoms with Gasteiger partial charge in [-0.2, -0.15) is 0 Å². The van der Waals surface area contributed by atoms with Gasteiger partial charge in [0.2, 0.25) is 0 Å². The molecule has 0 aliphatic carbocycles. The fraction of sp³-hybridized carbons (Fsp3) is 0.615. The normalized spacial score (nSPS) is 21.7. The molecule has 106 valence electrons. The molecule has 19 heavy (non-hydrogen) atoms. The first kappa shape index (κ1) is 15.0. The third-order valence-electron chi connectivity index (χ3n) is 3.10. The smallest absolute Gasteiger partial charge is 0.174 e. The molecule has 1 aliphatic rings. The van der Waals surface area contributed by atoms with E-state index in [1.807, 2.05) is 24.4 Å². The van der Waals surface area contributed by atoms with Gasteiger partial charge in [0.1, 0.15) is 0 Å². The van der Waals surface area contributed by atoms with Crippen molar-refractivity contribution in [2.75, 3.05) is 24.8 Å². The zero-order valence-electron chi connectivity index (χ0n) is 10.9. The molecule has 6 heteroatoms. The summed E-state index contributed by atoms with van der Waals surface area (Å²) in [4.78, 5) is 14.9. The molecule has 0 bridgehead atoms. The Hall–Kier alpha value is -0.400. The lowest BCUT2D eigenvalue weighted by Gasteiger charge is -2.26. The van der Waals surface area contributed by atoms with Gasteiger partial charge in [-0.05, 0) is 18.4 Å². The van der Waals surface area contributed by atoms with E-state index in [0.29, 0.717) is 19.6 Å². The Morgan fingerprint density at radius 2 is 2.53 bits per heavy atom. The Morgan fingerprint density at radius 1 is 1.68 bits per heavy atom. The van der Waals surface area contributed by atoms with Crippen LogP contribution in [0, 0.1) is 0 Å². The minimum atomic E-state index is -0.753. The van der Waals surface area contributed by atoms with Crippen molar-refractivity contribution in [3.63, 3.8) is 0 Å². The van der Waals surface area contributed by atoms with E-state index in [1.54, 1.807) is 11.8 Å². The third-order valence-corrected chi connectivity index (χ3v) is 5.11. The second-order valence-corrected chi connectivity index (χ2v) is 6.32. The molecule has 2 atom stereocenters. The van der Waals surface area contributed by atoms with Gasteiger partial charge in [0.15, 0.2) is 12.1 Å². The average molecular weight is 301 g/mol. The third kappa shape index (κ3) is 4.03. The van der Waals surface area contributed by atoms with Crippen LogP contribution in [0.3, 0.4) is 0 Å². The second-order valence-electron chi connectivity index (χ2n) is 4.38. The van der Waals surface area contributed by atoms with Crippen molar-refractivity contribution in [2.24, 2.45) is 0 Å². The second kappa shape index (κ2) is 7.40. The molecule has 0 aromatic carbocycles. The van der Waals surface area contributed by atoms with Crippen LogP contribution in [0.1, 0.15) is 23.0 Å². The number of aliphatic hydroxyl groups excluding tert-OH is 1. The molecule has 1 saturated heterocycles. The van der Waals surface area contributed by atoms with Crippen LogP contribution in [0.15, 0.2) is 17.5 Å². The molecule has 2 unspecified atom stereocenters. The van der Waals surface area contributed by atoms with Crippen LogP contribution in [0.25, 0.3) is 0 Å². The number of ketones is 1. The topological polar surface area (TPSA) is 49.8 Å². The van der Waals surface area contributed by atoms with Gasteiger partial charge in [-0.3, -0.25) is 9.69 Å². The van der Waals surface area contributed by atoms with Crippen molar-refractivity contribution in [1.29, 1.82) is 0 Å². The highest BCUT2D eigenvalue weighted by Crippen LogP contribution is 2.24. The van der Waals surface area contributed by atoms with Gasteiger partial charge in [-0.25, -0.2) is 0 Å². The van der Waals surface area contributed by atoms with E-state index in [1.165, 1.54) is 11.3 Å². The van der Waals surface area contributed by atoms with Crippen molar-refractivity contribution >= 4 is 28.9 Å². The van der Waals surface area contributed by atoms with Crippen LogP contribution in [0.2, 0.25) is 0 Å². The molecule has 4 nitrogen and oxygen atoms in total. The van der Waals surface area contributed by atoms with Crippen LogP contribution in [0.5, 0.6) is 0 Å². The molecule has 0 amide bonds. The molecule has 0 radical (unpaired) electrons. The Kier molecular flexibility index (Phi) is 5.84. The van der Waals surface area contributed by atoms with Gasteiger partial charge < -0.3 is 9.84 Å². The zero-order chi connectivity index (χ0) is 13.7. The quantitative estimate of drug-likeness (QED) is 0.617. The summed E-state index contributed by atoms with van der Waals surface area (Å²) < 4.78 is 5.25. The highest BCUT2D eigenvalue weighted by Gasteiger charge is 2.31. The molecule has 1 aromatic rings. The maximum Gasteiger partial charge on any atom is 0.174 e. The van der Waals surface area contributed by atoms with Crippen LogP contribution in [-0.2, 0) is 4.74 Å². The minimum Gasteiger partial charge on any atom is -0.367 e. The van der Waals surface area contributed by atoms with E-state index in [-0.39, 0.29) is 11.8 Å². The van der Waals surface area contributed by atoms with E-state index in [0.717, 1.165) is 16.5 Å². The maximum absolute atomic E-state index is 11.9. The number of hydrogen-bond acceptors (Lipinski definition) is 6. The predicted octanol–water partition coefficient (Wildman–Crippen LogP) is 2.05. The SMILES string of the molecule is CCOC(O)C1CSCN1CCC(=O)c1cccs1. The minimum absolute atomic E-state index is 0.00101. The molecule has 1 N–H and O–H groups in total. The Bertz CT molecular complexity index is 397. The van der Waals surface area contributed by atoms with Crippen LogP contribution >= 0.6 is 23.1 Å². The number of ether oxygens (including phenoxy) is 1. The van der Waals surface area contributed by atoms with Crippen LogP contribution in [0.4, 0.5) is 0 Å². The van der Waals surface area contributed by atoms with Crippen molar-refractivity contribution in [1.82, 2.24) is 4.90 Å². The molecular weight excluding hydrogens is 282 g/mol. The first-order valence-electron chi connectivity index (χ1n) is 6.40. The summed E-state index contributed by atoms with van der Waals surface area (Å²) >= 11 is 3.25. The first-order chi connectivity index (χ1) is 9.22. The van der Waals surface area contributed by atoms with E-state index in [4.69, 9.17) is 4.74 Å². The molecule has 1 fully saturated rings. The summed E-state index contributed by atoms with van der Waals surface area (Å²) in [7, 11) is 0. The summed E-state index contributed by atoms with van der Waals surface area (Å²) in [5.74, 6) is 1.89. The Morgan fingerprint density at radius 3 is 3.21 bits per heavy atom. The van der Waals surface area contributed by atoms with E-state index < -0.39 is 6.29 Å². The van der Waals surface area contributed by atoms with Crippen LogP contribution in [-0.4, -0.2) is 52.9 Å². The Labute approximate surface area is 121 Å². The number of thiophene rings is 1. The van der Waals surface area contributed by atoms with E-state index in [2.05, 4.69) is 4.90 Å². The van der Waals surface area contributed by atoms with Gasteiger partial charge >= 0.3 is 0 Å². The van der Waals surface area contributed by atoms with Gasteiger partial charge in [0.05, 0.1) is 10.9 Å². The number of hydrogen-bond donors (Lipinski definition) is 1. The summed E-state index contributed by atoms with van der Waals surface area (Å²) in [5, 5.41) is 11.8. The lowest BCUT2D eigenvalue weighted by atomic mass is 10.2.